The number of allylic oxidation sites excluding steroid dienone is 4. The zero-order valence-electron chi connectivity index (χ0n) is 31.5. The third-order valence-corrected chi connectivity index (χ3v) is 11.2. The molecule has 0 spiro atoms. The van der Waals surface area contributed by atoms with Gasteiger partial charge in [0.25, 0.3) is 0 Å². The second kappa shape index (κ2) is 16.5. The molecule has 2 aliphatic heterocycles. The fourth-order valence-corrected chi connectivity index (χ4v) is 7.76. The van der Waals surface area contributed by atoms with Gasteiger partial charge in [0.2, 0.25) is 0 Å². The molecule has 2 saturated heterocycles. The summed E-state index contributed by atoms with van der Waals surface area (Å²) in [5.41, 5.74) is 4.45. The number of carbonyl (C=O) groups excluding carboxylic acids is 1. The summed E-state index contributed by atoms with van der Waals surface area (Å²) >= 11 is 3.93. The lowest BCUT2D eigenvalue weighted by atomic mass is 9.81. The second-order valence-electron chi connectivity index (χ2n) is 15.6. The molecular weight excluding hydrogens is 666 g/mol. The van der Waals surface area contributed by atoms with E-state index in [1.54, 1.807) is 0 Å². The number of nitrogens with zero attached hydrogens (tertiary/aromatic N) is 5. The lowest BCUT2D eigenvalue weighted by Gasteiger charge is -2.42. The largest absolute Gasteiger partial charge is 0.463 e. The maximum Gasteiger partial charge on any atom is 0.410 e. The zero-order chi connectivity index (χ0) is 35.2. The lowest BCUT2D eigenvalue weighted by molar-refractivity contribution is 0.0122. The van der Waals surface area contributed by atoms with E-state index in [-0.39, 0.29) is 29.6 Å². The second-order valence-corrected chi connectivity index (χ2v) is 16.4. The van der Waals surface area contributed by atoms with Crippen molar-refractivity contribution in [2.45, 2.75) is 164 Å². The van der Waals surface area contributed by atoms with E-state index < -0.39 is 5.60 Å². The summed E-state index contributed by atoms with van der Waals surface area (Å²) in [6.07, 6.45) is 14.4. The number of halogens is 1. The van der Waals surface area contributed by atoms with Crippen molar-refractivity contribution in [1.29, 1.82) is 0 Å². The number of aromatic nitrogens is 2. The van der Waals surface area contributed by atoms with E-state index in [0.29, 0.717) is 25.7 Å². The van der Waals surface area contributed by atoms with Crippen molar-refractivity contribution in [2.24, 2.45) is 10.4 Å². The van der Waals surface area contributed by atoms with Crippen LogP contribution in [0.2, 0.25) is 0 Å². The molecule has 0 aromatic carbocycles. The third-order valence-electron chi connectivity index (χ3n) is 10.2. The van der Waals surface area contributed by atoms with Crippen LogP contribution in [0.25, 0.3) is 11.1 Å². The first-order chi connectivity index (χ1) is 22.8. The molecule has 1 amide bonds. The van der Waals surface area contributed by atoms with Crippen molar-refractivity contribution in [3.8, 4) is 6.01 Å². The highest BCUT2D eigenvalue weighted by atomic mass is 79.9. The Morgan fingerprint density at radius 2 is 1.67 bits per heavy atom. The van der Waals surface area contributed by atoms with Gasteiger partial charge in [-0.25, -0.2) is 4.79 Å². The van der Waals surface area contributed by atoms with Gasteiger partial charge in [-0.05, 0) is 95.1 Å². The molecule has 0 N–H and O–H groups in total. The number of rotatable bonds is 14. The van der Waals surface area contributed by atoms with Crippen LogP contribution in [0.1, 0.15) is 151 Å². The molecule has 0 saturated carbocycles. The number of ether oxygens (including phenoxy) is 2. The molecular formula is C39H62BrN5O3. The molecule has 4 atom stereocenters. The molecule has 9 heteroatoms. The van der Waals surface area contributed by atoms with Crippen LogP contribution in [-0.4, -0.2) is 70.1 Å². The third kappa shape index (κ3) is 9.02. The highest BCUT2D eigenvalue weighted by Crippen LogP contribution is 2.45. The number of carbonyl (C=O) groups is 1. The molecule has 1 aliphatic carbocycles. The van der Waals surface area contributed by atoms with E-state index in [0.717, 1.165) is 70.5 Å². The Morgan fingerprint density at radius 3 is 2.25 bits per heavy atom. The van der Waals surface area contributed by atoms with Crippen LogP contribution in [0.4, 0.5) is 10.6 Å². The van der Waals surface area contributed by atoms with Gasteiger partial charge in [0.15, 0.2) is 0 Å². The van der Waals surface area contributed by atoms with Crippen LogP contribution >= 0.6 is 15.9 Å². The van der Waals surface area contributed by atoms with Gasteiger partial charge in [-0.2, -0.15) is 9.97 Å². The quantitative estimate of drug-likeness (QED) is 0.178. The molecule has 8 nitrogen and oxygen atoms in total. The van der Waals surface area contributed by atoms with E-state index in [9.17, 15) is 4.79 Å². The van der Waals surface area contributed by atoms with Crippen LogP contribution in [0.5, 0.6) is 6.01 Å². The van der Waals surface area contributed by atoms with Gasteiger partial charge in [-0.1, -0.05) is 72.3 Å². The van der Waals surface area contributed by atoms with Crippen LogP contribution < -0.4 is 9.64 Å². The summed E-state index contributed by atoms with van der Waals surface area (Å²) in [6, 6.07) is 0.723. The maximum atomic E-state index is 13.3. The Hall–Kier alpha value is -2.42. The molecule has 3 heterocycles. The van der Waals surface area contributed by atoms with E-state index in [1.165, 1.54) is 38.5 Å². The van der Waals surface area contributed by atoms with Crippen LogP contribution in [0.3, 0.4) is 0 Å². The van der Waals surface area contributed by atoms with Crippen LogP contribution in [0, 0.1) is 5.41 Å². The Labute approximate surface area is 299 Å². The van der Waals surface area contributed by atoms with Crippen LogP contribution in [0.15, 0.2) is 15.6 Å². The van der Waals surface area contributed by atoms with E-state index in [1.807, 2.05) is 25.7 Å². The number of hydrogen-bond acceptors (Lipinski definition) is 7. The molecule has 2 fully saturated rings. The monoisotopic (exact) mass is 727 g/mol. The summed E-state index contributed by atoms with van der Waals surface area (Å²) in [5, 5.41) is 0. The van der Waals surface area contributed by atoms with Gasteiger partial charge in [0.05, 0.1) is 35.7 Å². The number of hydrogen-bond donors (Lipinski definition) is 0. The van der Waals surface area contributed by atoms with Gasteiger partial charge >= 0.3 is 12.1 Å². The van der Waals surface area contributed by atoms with Gasteiger partial charge in [0.1, 0.15) is 11.4 Å². The van der Waals surface area contributed by atoms with Crippen molar-refractivity contribution in [1.82, 2.24) is 14.9 Å². The van der Waals surface area contributed by atoms with Crippen molar-refractivity contribution in [3.63, 3.8) is 0 Å². The predicted molar refractivity (Wildman–Crippen MR) is 203 cm³/mol. The van der Waals surface area contributed by atoms with Gasteiger partial charge in [0, 0.05) is 34.6 Å². The smallest absolute Gasteiger partial charge is 0.410 e. The highest BCUT2D eigenvalue weighted by molar-refractivity contribution is 9.12. The fourth-order valence-electron chi connectivity index (χ4n) is 7.26. The summed E-state index contributed by atoms with van der Waals surface area (Å²) in [7, 11) is 0. The van der Waals surface area contributed by atoms with Crippen molar-refractivity contribution >= 4 is 44.7 Å². The van der Waals surface area contributed by atoms with Gasteiger partial charge in [-0.15, -0.1) is 0 Å². The van der Waals surface area contributed by atoms with Gasteiger partial charge < -0.3 is 14.4 Å². The zero-order valence-corrected chi connectivity index (χ0v) is 33.1. The van der Waals surface area contributed by atoms with E-state index >= 15 is 0 Å². The van der Waals surface area contributed by atoms with E-state index in [4.69, 9.17) is 24.4 Å². The SMILES string of the molecule is C/C=C1\C(=NC(C)CC)C(Br)=C(C)c2nc(OCC(C)(CCCC)CCCCCC)nc(N3CC4CCC(C3)N4C(=O)OC(C)(C)C)c21. The molecule has 0 radical (unpaired) electrons. The molecule has 1 aromatic heterocycles. The Bertz CT molecular complexity index is 1370. The number of amides is 1. The van der Waals surface area contributed by atoms with Crippen molar-refractivity contribution < 1.29 is 14.3 Å². The number of aliphatic imine (C=N–C) groups is 1. The molecule has 3 aliphatic rings. The highest BCUT2D eigenvalue weighted by Gasteiger charge is 2.46. The minimum atomic E-state index is -0.531. The molecule has 2 bridgehead atoms. The maximum absolute atomic E-state index is 13.3. The Morgan fingerprint density at radius 1 is 1.02 bits per heavy atom. The van der Waals surface area contributed by atoms with Crippen LogP contribution in [-0.2, 0) is 4.74 Å². The summed E-state index contributed by atoms with van der Waals surface area (Å²) in [5.74, 6) is 0.873. The number of unbranched alkanes of at least 4 members (excludes halogenated alkanes) is 4. The average Bonchev–Trinajstić information content (AvgIpc) is 3.32. The first kappa shape index (κ1) is 38.4. The topological polar surface area (TPSA) is 80.2 Å². The first-order valence-corrected chi connectivity index (χ1v) is 19.5. The molecule has 268 valence electrons. The molecule has 48 heavy (non-hydrogen) atoms. The predicted octanol–water partition coefficient (Wildman–Crippen LogP) is 10.4. The summed E-state index contributed by atoms with van der Waals surface area (Å²) in [4.78, 5) is 33.2. The molecule has 1 aromatic rings. The molecule has 4 rings (SSSR count). The van der Waals surface area contributed by atoms with Gasteiger partial charge in [-0.3, -0.25) is 9.89 Å². The number of piperazine rings is 1. The molecule has 4 unspecified atom stereocenters. The minimum Gasteiger partial charge on any atom is -0.463 e. The lowest BCUT2D eigenvalue weighted by Crippen LogP contribution is -2.57. The normalized spacial score (nSPS) is 23.1. The number of fused-ring (bicyclic) bond motifs is 3. The Balaban J connectivity index is 1.75. The van der Waals surface area contributed by atoms with Crippen molar-refractivity contribution in [3.05, 3.63) is 21.8 Å². The average molecular weight is 729 g/mol. The van der Waals surface area contributed by atoms with E-state index in [2.05, 4.69) is 75.4 Å². The standard InChI is InChI=1S/C39H62BrN5O3/c1-11-15-17-18-22-39(10,21-16-12-2)25-47-36-42-33-27(6)32(40)34(41-26(5)13-3)30(14-4)31(33)35(43-36)44-23-28-19-20-29(24-44)45(28)37(46)48-38(7,8)9/h14,26,28-29H,11-13,15-25H2,1-10H3/b30-14-,41-34?. The summed E-state index contributed by atoms with van der Waals surface area (Å²) < 4.78 is 13.5. The van der Waals surface area contributed by atoms with Crippen molar-refractivity contribution in [2.75, 3.05) is 24.6 Å². The Kier molecular flexibility index (Phi) is 13.2. The number of anilines is 1. The fraction of sp³-hybridized carbons (Fsp3) is 0.744. The minimum absolute atomic E-state index is 0.0586. The first-order valence-electron chi connectivity index (χ1n) is 18.7. The summed E-state index contributed by atoms with van der Waals surface area (Å²) in [6.45, 7) is 23.2.